The Morgan fingerprint density at radius 3 is 2.57 bits per heavy atom. The Balaban J connectivity index is 1.30. The van der Waals surface area contributed by atoms with Crippen molar-refractivity contribution in [1.82, 2.24) is 15.1 Å². The number of benzene rings is 1. The van der Waals surface area contributed by atoms with Crippen LogP contribution >= 0.6 is 22.9 Å². The predicted molar refractivity (Wildman–Crippen MR) is 112 cm³/mol. The summed E-state index contributed by atoms with van der Waals surface area (Å²) >= 11 is 7.60. The van der Waals surface area contributed by atoms with E-state index in [9.17, 15) is 9.59 Å². The molecular weight excluding hydrogens is 396 g/mol. The van der Waals surface area contributed by atoms with Crippen molar-refractivity contribution in [3.63, 3.8) is 0 Å². The van der Waals surface area contributed by atoms with Crippen LogP contribution in [0.25, 0.3) is 0 Å². The maximum atomic E-state index is 12.9. The topological polar surface area (TPSA) is 64.7 Å². The highest BCUT2D eigenvalue weighted by Crippen LogP contribution is 2.23. The summed E-state index contributed by atoms with van der Waals surface area (Å²) in [6.45, 7) is 3.93. The van der Waals surface area contributed by atoms with Gasteiger partial charge in [-0.1, -0.05) is 17.7 Å². The molecule has 8 heteroatoms. The molecular formula is C20H23ClN4O2S. The minimum absolute atomic E-state index is 0.00469. The number of piperazine rings is 1. The summed E-state index contributed by atoms with van der Waals surface area (Å²) in [7, 11) is 0. The molecule has 1 aliphatic carbocycles. The van der Waals surface area contributed by atoms with Gasteiger partial charge in [0.05, 0.1) is 4.34 Å². The van der Waals surface area contributed by atoms with Crippen LogP contribution in [0.1, 0.15) is 28.1 Å². The van der Waals surface area contributed by atoms with Gasteiger partial charge in [-0.15, -0.1) is 11.3 Å². The average molecular weight is 419 g/mol. The summed E-state index contributed by atoms with van der Waals surface area (Å²) in [6.07, 6.45) is 2.08. The maximum absolute atomic E-state index is 12.9. The number of urea groups is 1. The van der Waals surface area contributed by atoms with E-state index in [1.165, 1.54) is 4.88 Å². The number of carbonyl (C=O) groups excluding carboxylic acids is 2. The highest BCUT2D eigenvalue weighted by molar-refractivity contribution is 7.16. The van der Waals surface area contributed by atoms with Crippen LogP contribution in [0.15, 0.2) is 36.4 Å². The zero-order valence-electron chi connectivity index (χ0n) is 15.5. The predicted octanol–water partition coefficient (Wildman–Crippen LogP) is 3.64. The Hall–Kier alpha value is -2.09. The van der Waals surface area contributed by atoms with Crippen LogP contribution in [0, 0.1) is 0 Å². The summed E-state index contributed by atoms with van der Waals surface area (Å²) in [5, 5.41) is 5.69. The molecule has 6 nitrogen and oxygen atoms in total. The SMILES string of the molecule is O=C(Nc1cccc(C(=O)N2CCN(Cc3ccc(Cl)s3)CC2)c1)NC1CC1. The van der Waals surface area contributed by atoms with Gasteiger partial charge in [-0.25, -0.2) is 4.79 Å². The molecule has 2 fully saturated rings. The monoisotopic (exact) mass is 418 g/mol. The normalized spacial score (nSPS) is 17.4. The number of nitrogens with one attached hydrogen (secondary N) is 2. The number of amides is 3. The standard InChI is InChI=1S/C20H23ClN4O2S/c21-18-7-6-17(28-18)13-24-8-10-25(11-9-24)19(26)14-2-1-3-16(12-14)23-20(27)22-15-4-5-15/h1-3,6-7,12,15H,4-5,8-11,13H2,(H2,22,23,27). The summed E-state index contributed by atoms with van der Waals surface area (Å²) < 4.78 is 0.808. The maximum Gasteiger partial charge on any atom is 0.319 e. The van der Waals surface area contributed by atoms with E-state index in [1.54, 1.807) is 35.6 Å². The molecule has 0 atom stereocenters. The Morgan fingerprint density at radius 2 is 1.89 bits per heavy atom. The van der Waals surface area contributed by atoms with E-state index in [-0.39, 0.29) is 11.9 Å². The zero-order valence-corrected chi connectivity index (χ0v) is 17.1. The largest absolute Gasteiger partial charge is 0.336 e. The Bertz CT molecular complexity index is 859. The minimum Gasteiger partial charge on any atom is -0.336 e. The number of thiophene rings is 1. The van der Waals surface area contributed by atoms with Crippen LogP contribution in [-0.2, 0) is 6.54 Å². The first kappa shape index (κ1) is 19.2. The van der Waals surface area contributed by atoms with Gasteiger partial charge < -0.3 is 15.5 Å². The van der Waals surface area contributed by atoms with Crippen LogP contribution in [0.3, 0.4) is 0 Å². The molecule has 1 saturated carbocycles. The zero-order chi connectivity index (χ0) is 19.5. The van der Waals surface area contributed by atoms with E-state index in [0.717, 1.165) is 36.8 Å². The first-order valence-electron chi connectivity index (χ1n) is 9.50. The van der Waals surface area contributed by atoms with Crippen molar-refractivity contribution < 1.29 is 9.59 Å². The van der Waals surface area contributed by atoms with Crippen molar-refractivity contribution in [2.24, 2.45) is 0 Å². The molecule has 2 aromatic rings. The average Bonchev–Trinajstić information content (AvgIpc) is 3.41. The van der Waals surface area contributed by atoms with Gasteiger partial charge in [-0.2, -0.15) is 0 Å². The molecule has 148 valence electrons. The second kappa shape index (κ2) is 8.51. The molecule has 28 heavy (non-hydrogen) atoms. The number of nitrogens with zero attached hydrogens (tertiary/aromatic N) is 2. The highest BCUT2D eigenvalue weighted by Gasteiger charge is 2.24. The van der Waals surface area contributed by atoms with Gasteiger partial charge in [-0.05, 0) is 43.2 Å². The molecule has 2 aliphatic rings. The third-order valence-electron chi connectivity index (χ3n) is 4.95. The second-order valence-corrected chi connectivity index (χ2v) is 9.03. The minimum atomic E-state index is -0.214. The Labute approximate surface area is 173 Å². The van der Waals surface area contributed by atoms with E-state index in [4.69, 9.17) is 11.6 Å². The molecule has 3 amide bonds. The van der Waals surface area contributed by atoms with Gasteiger partial charge in [0.1, 0.15) is 0 Å². The van der Waals surface area contributed by atoms with Crippen LogP contribution in [0.2, 0.25) is 4.34 Å². The lowest BCUT2D eigenvalue weighted by Gasteiger charge is -2.34. The Morgan fingerprint density at radius 1 is 1.11 bits per heavy atom. The van der Waals surface area contributed by atoms with E-state index < -0.39 is 0 Å². The van der Waals surface area contributed by atoms with Gasteiger partial charge >= 0.3 is 6.03 Å². The van der Waals surface area contributed by atoms with Gasteiger partial charge in [0.2, 0.25) is 0 Å². The van der Waals surface area contributed by atoms with Gasteiger partial charge in [-0.3, -0.25) is 9.69 Å². The summed E-state index contributed by atoms with van der Waals surface area (Å²) in [5.41, 5.74) is 1.24. The molecule has 1 saturated heterocycles. The fourth-order valence-corrected chi connectivity index (χ4v) is 4.39. The van der Waals surface area contributed by atoms with Crippen molar-refractivity contribution in [3.05, 3.63) is 51.2 Å². The number of anilines is 1. The van der Waals surface area contributed by atoms with Crippen LogP contribution in [-0.4, -0.2) is 54.0 Å². The van der Waals surface area contributed by atoms with Crippen molar-refractivity contribution >= 4 is 40.6 Å². The second-order valence-electron chi connectivity index (χ2n) is 7.23. The van der Waals surface area contributed by atoms with E-state index >= 15 is 0 Å². The molecule has 4 rings (SSSR count). The molecule has 0 unspecified atom stereocenters. The van der Waals surface area contributed by atoms with Gasteiger partial charge in [0.15, 0.2) is 0 Å². The van der Waals surface area contributed by atoms with E-state index in [0.29, 0.717) is 30.4 Å². The summed E-state index contributed by atoms with van der Waals surface area (Å²) in [4.78, 5) is 30.2. The molecule has 1 aromatic heterocycles. The molecule has 0 bridgehead atoms. The molecule has 0 spiro atoms. The van der Waals surface area contributed by atoms with Gasteiger partial charge in [0, 0.05) is 54.9 Å². The quantitative estimate of drug-likeness (QED) is 0.779. The summed E-state index contributed by atoms with van der Waals surface area (Å²) in [5.74, 6) is 0.00469. The fourth-order valence-electron chi connectivity index (χ4n) is 3.26. The lowest BCUT2D eigenvalue weighted by Crippen LogP contribution is -2.48. The molecule has 1 aliphatic heterocycles. The van der Waals surface area contributed by atoms with Crippen molar-refractivity contribution in [1.29, 1.82) is 0 Å². The lowest BCUT2D eigenvalue weighted by atomic mass is 10.1. The van der Waals surface area contributed by atoms with Crippen molar-refractivity contribution in [3.8, 4) is 0 Å². The van der Waals surface area contributed by atoms with Crippen molar-refractivity contribution in [2.45, 2.75) is 25.4 Å². The van der Waals surface area contributed by atoms with E-state index in [2.05, 4.69) is 21.6 Å². The third kappa shape index (κ3) is 5.04. The molecule has 1 aromatic carbocycles. The number of rotatable bonds is 5. The molecule has 2 N–H and O–H groups in total. The van der Waals surface area contributed by atoms with Crippen molar-refractivity contribution in [2.75, 3.05) is 31.5 Å². The summed E-state index contributed by atoms with van der Waals surface area (Å²) in [6, 6.07) is 11.2. The van der Waals surface area contributed by atoms with E-state index in [1.807, 2.05) is 11.0 Å². The third-order valence-corrected chi connectivity index (χ3v) is 6.16. The highest BCUT2D eigenvalue weighted by atomic mass is 35.5. The number of hydrogen-bond acceptors (Lipinski definition) is 4. The number of hydrogen-bond donors (Lipinski definition) is 2. The smallest absolute Gasteiger partial charge is 0.319 e. The first-order chi connectivity index (χ1) is 13.6. The first-order valence-corrected chi connectivity index (χ1v) is 10.7. The van der Waals surface area contributed by atoms with Crippen LogP contribution in [0.5, 0.6) is 0 Å². The number of carbonyl (C=O) groups is 2. The lowest BCUT2D eigenvalue weighted by molar-refractivity contribution is 0.0629. The van der Waals surface area contributed by atoms with Crippen LogP contribution in [0.4, 0.5) is 10.5 Å². The Kier molecular flexibility index (Phi) is 5.85. The van der Waals surface area contributed by atoms with Gasteiger partial charge in [0.25, 0.3) is 5.91 Å². The molecule has 2 heterocycles. The van der Waals surface area contributed by atoms with Crippen LogP contribution < -0.4 is 10.6 Å². The number of halogens is 1. The molecule has 0 radical (unpaired) electrons. The fraction of sp³-hybridized carbons (Fsp3) is 0.400.